The van der Waals surface area contributed by atoms with Gasteiger partial charge in [0.1, 0.15) is 11.4 Å². The van der Waals surface area contributed by atoms with Crippen LogP contribution in [0.25, 0.3) is 0 Å². The van der Waals surface area contributed by atoms with Crippen molar-refractivity contribution in [2.75, 3.05) is 18.0 Å². The van der Waals surface area contributed by atoms with E-state index in [1.54, 1.807) is 12.1 Å². The van der Waals surface area contributed by atoms with E-state index in [1.807, 2.05) is 25.7 Å². The Morgan fingerprint density at radius 1 is 1.13 bits per heavy atom. The van der Waals surface area contributed by atoms with Gasteiger partial charge in [0.2, 0.25) is 5.91 Å². The monoisotopic (exact) mass is 552 g/mol. The summed E-state index contributed by atoms with van der Waals surface area (Å²) in [6, 6.07) is 4.50. The number of piperidine rings is 1. The minimum Gasteiger partial charge on any atom is -0.481 e. The molecule has 214 valence electrons. The fourth-order valence-electron chi connectivity index (χ4n) is 4.54. The molecule has 1 aromatic rings. The minimum absolute atomic E-state index is 0.00510. The summed E-state index contributed by atoms with van der Waals surface area (Å²) in [5, 5.41) is 8.91. The molecule has 1 unspecified atom stereocenters. The number of rotatable bonds is 10. The number of hydrogen-bond donors (Lipinski definition) is 2. The summed E-state index contributed by atoms with van der Waals surface area (Å²) in [6.45, 7) is 17.3. The van der Waals surface area contributed by atoms with Gasteiger partial charge in [0.25, 0.3) is 0 Å². The Morgan fingerprint density at radius 2 is 1.71 bits per heavy atom. The van der Waals surface area contributed by atoms with E-state index in [4.69, 9.17) is 20.0 Å². The molecule has 0 spiro atoms. The lowest BCUT2D eigenvalue weighted by molar-refractivity contribution is -0.160. The van der Waals surface area contributed by atoms with Gasteiger partial charge >= 0.3 is 11.9 Å². The fraction of sp³-hybridized carbons (Fsp3) is 0.679. The molecule has 10 heteroatoms. The molecule has 1 heterocycles. The van der Waals surface area contributed by atoms with Crippen LogP contribution in [0.15, 0.2) is 18.2 Å². The normalized spacial score (nSPS) is 17.1. The van der Waals surface area contributed by atoms with E-state index in [9.17, 15) is 14.4 Å². The summed E-state index contributed by atoms with van der Waals surface area (Å²) in [4.78, 5) is 37.6. The molecule has 0 radical (unpaired) electrons. The first-order chi connectivity index (χ1) is 17.3. The lowest BCUT2D eigenvalue weighted by atomic mass is 9.87. The lowest BCUT2D eigenvalue weighted by Gasteiger charge is -2.49. The molecule has 0 aromatic heterocycles. The van der Waals surface area contributed by atoms with Crippen LogP contribution >= 0.6 is 0 Å². The molecule has 1 aromatic carbocycles. The van der Waals surface area contributed by atoms with E-state index in [0.717, 1.165) is 0 Å². The Hall–Kier alpha value is -2.46. The van der Waals surface area contributed by atoms with Crippen molar-refractivity contribution in [1.29, 1.82) is 0 Å². The molecule has 0 bridgehead atoms. The predicted molar refractivity (Wildman–Crippen MR) is 148 cm³/mol. The first kappa shape index (κ1) is 31.8. The van der Waals surface area contributed by atoms with Crippen LogP contribution in [0.2, 0.25) is 18.1 Å². The van der Waals surface area contributed by atoms with Crippen LogP contribution in [0.4, 0.5) is 10.1 Å². The molecule has 1 aliphatic rings. The Kier molecular flexibility index (Phi) is 9.80. The van der Waals surface area contributed by atoms with Crippen LogP contribution in [0.1, 0.15) is 85.1 Å². The van der Waals surface area contributed by atoms with Gasteiger partial charge in [-0.05, 0) is 75.9 Å². The van der Waals surface area contributed by atoms with E-state index in [2.05, 4.69) is 33.9 Å². The Labute approximate surface area is 227 Å². The minimum atomic E-state index is -2.24. The molecule has 1 fully saturated rings. The second-order valence-electron chi connectivity index (χ2n) is 12.9. The number of benzene rings is 1. The average molecular weight is 553 g/mol. The number of carboxylic acid groups (broad SMARTS) is 1. The summed E-state index contributed by atoms with van der Waals surface area (Å²) in [6.07, 6.45) is 0.961. The van der Waals surface area contributed by atoms with Crippen molar-refractivity contribution in [2.24, 2.45) is 5.73 Å². The van der Waals surface area contributed by atoms with Crippen molar-refractivity contribution in [1.82, 2.24) is 0 Å². The topological polar surface area (TPSA) is 119 Å². The van der Waals surface area contributed by atoms with E-state index in [1.165, 1.54) is 6.07 Å². The smallest absolute Gasteiger partial charge is 0.309 e. The summed E-state index contributed by atoms with van der Waals surface area (Å²) in [7, 11) is -2.24. The van der Waals surface area contributed by atoms with Crippen LogP contribution in [0.5, 0.6) is 0 Å². The number of halogens is 1. The highest BCUT2D eigenvalue weighted by Crippen LogP contribution is 2.44. The molecule has 0 aliphatic carbocycles. The Balaban J connectivity index is 2.26. The summed E-state index contributed by atoms with van der Waals surface area (Å²) < 4.78 is 27.8. The SMILES string of the molecule is CC(C)(C)OC(=O)CC1(O[Si](C)(C)C(C)(C)C)CCN(c2ccc(C(CCC(=O)O)C(N)=O)cc2F)CC1. The maximum atomic E-state index is 15.3. The molecule has 1 atom stereocenters. The molecule has 1 aliphatic heterocycles. The molecular formula is C28H45FN2O6Si. The van der Waals surface area contributed by atoms with Gasteiger partial charge in [-0.3, -0.25) is 14.4 Å². The molecule has 38 heavy (non-hydrogen) atoms. The van der Waals surface area contributed by atoms with Crippen LogP contribution in [0, 0.1) is 5.82 Å². The number of amides is 1. The molecular weight excluding hydrogens is 507 g/mol. The van der Waals surface area contributed by atoms with Gasteiger partial charge in [-0.2, -0.15) is 0 Å². The summed E-state index contributed by atoms with van der Waals surface area (Å²) in [5.41, 5.74) is 4.90. The fourth-order valence-corrected chi connectivity index (χ4v) is 6.21. The number of carboxylic acids is 1. The maximum Gasteiger partial charge on any atom is 0.309 e. The number of ether oxygens (including phenoxy) is 1. The predicted octanol–water partition coefficient (Wildman–Crippen LogP) is 5.35. The van der Waals surface area contributed by atoms with Gasteiger partial charge in [-0.1, -0.05) is 26.8 Å². The van der Waals surface area contributed by atoms with Gasteiger partial charge in [0.15, 0.2) is 8.32 Å². The van der Waals surface area contributed by atoms with Gasteiger partial charge in [-0.25, -0.2) is 4.39 Å². The van der Waals surface area contributed by atoms with Crippen LogP contribution in [-0.2, 0) is 23.5 Å². The maximum absolute atomic E-state index is 15.3. The van der Waals surface area contributed by atoms with Crippen molar-refractivity contribution in [3.05, 3.63) is 29.6 Å². The molecule has 2 rings (SSSR count). The van der Waals surface area contributed by atoms with Crippen LogP contribution in [0.3, 0.4) is 0 Å². The third kappa shape index (κ3) is 8.52. The van der Waals surface area contributed by atoms with Crippen molar-refractivity contribution in [3.8, 4) is 0 Å². The standard InChI is InChI=1S/C28H45FN2O6Si/c1-26(2,3)36-24(34)18-28(37-38(7,8)27(4,5)6)13-15-31(16-14-28)22-11-9-19(17-21(22)29)20(25(30)35)10-12-23(32)33/h9,11,17,20H,10,12-16,18H2,1-8H3,(H2,30,35)(H,32,33). The quantitative estimate of drug-likeness (QED) is 0.296. The zero-order valence-corrected chi connectivity index (χ0v) is 25.2. The van der Waals surface area contributed by atoms with Crippen LogP contribution in [-0.4, -0.2) is 55.6 Å². The number of hydrogen-bond acceptors (Lipinski definition) is 6. The lowest BCUT2D eigenvalue weighted by Crippen LogP contribution is -2.55. The number of aliphatic carboxylic acids is 1. The summed E-state index contributed by atoms with van der Waals surface area (Å²) in [5.74, 6) is -3.42. The second-order valence-corrected chi connectivity index (χ2v) is 17.6. The van der Waals surface area contributed by atoms with Gasteiger partial charge in [0, 0.05) is 19.5 Å². The molecule has 3 N–H and O–H groups in total. The van der Waals surface area contributed by atoms with Crippen LogP contribution < -0.4 is 10.6 Å². The number of nitrogens with zero attached hydrogens (tertiary/aromatic N) is 1. The molecule has 1 amide bonds. The average Bonchev–Trinajstić information content (AvgIpc) is 2.71. The number of primary amides is 1. The zero-order valence-electron chi connectivity index (χ0n) is 24.2. The third-order valence-electron chi connectivity index (χ3n) is 7.54. The summed E-state index contributed by atoms with van der Waals surface area (Å²) >= 11 is 0. The zero-order chi connectivity index (χ0) is 29.1. The van der Waals surface area contributed by atoms with Crippen molar-refractivity contribution < 1.29 is 33.0 Å². The first-order valence-corrected chi connectivity index (χ1v) is 16.1. The highest BCUT2D eigenvalue weighted by molar-refractivity contribution is 6.74. The second kappa shape index (κ2) is 11.7. The molecule has 1 saturated heterocycles. The first-order valence-electron chi connectivity index (χ1n) is 13.2. The van der Waals surface area contributed by atoms with E-state index < -0.39 is 43.1 Å². The van der Waals surface area contributed by atoms with Crippen molar-refractivity contribution in [3.63, 3.8) is 0 Å². The van der Waals surface area contributed by atoms with E-state index in [-0.39, 0.29) is 30.3 Å². The van der Waals surface area contributed by atoms with Crippen molar-refractivity contribution >= 4 is 31.9 Å². The van der Waals surface area contributed by atoms with Crippen molar-refractivity contribution in [2.45, 2.75) is 109 Å². The number of anilines is 1. The molecule has 0 saturated carbocycles. The highest BCUT2D eigenvalue weighted by atomic mass is 28.4. The van der Waals surface area contributed by atoms with Gasteiger partial charge in [0.05, 0.1) is 23.6 Å². The Morgan fingerprint density at radius 3 is 2.16 bits per heavy atom. The highest BCUT2D eigenvalue weighted by Gasteiger charge is 2.47. The van der Waals surface area contributed by atoms with Gasteiger partial charge < -0.3 is 24.9 Å². The number of esters is 1. The number of nitrogens with two attached hydrogens (primary N) is 1. The van der Waals surface area contributed by atoms with E-state index >= 15 is 4.39 Å². The van der Waals surface area contributed by atoms with E-state index in [0.29, 0.717) is 37.2 Å². The third-order valence-corrected chi connectivity index (χ3v) is 12.1. The number of carbonyl (C=O) groups is 3. The van der Waals surface area contributed by atoms with Gasteiger partial charge in [-0.15, -0.1) is 0 Å². The molecule has 8 nitrogen and oxygen atoms in total. The Bertz CT molecular complexity index is 1020. The largest absolute Gasteiger partial charge is 0.481 e. The number of carbonyl (C=O) groups excluding carboxylic acids is 2.